The zero-order valence-corrected chi connectivity index (χ0v) is 14.9. The molecule has 4 rings (SSSR count). The lowest BCUT2D eigenvalue weighted by molar-refractivity contribution is 0.0355. The third kappa shape index (κ3) is 3.92. The van der Waals surface area contributed by atoms with Crippen LogP contribution in [0.25, 0.3) is 0 Å². The number of halogens is 1. The van der Waals surface area contributed by atoms with Crippen molar-refractivity contribution in [2.24, 2.45) is 11.8 Å². The molecule has 0 aromatic heterocycles. The predicted octanol–water partition coefficient (Wildman–Crippen LogP) is 3.39. The van der Waals surface area contributed by atoms with E-state index in [9.17, 15) is 14.6 Å². The number of rotatable bonds is 5. The molecule has 2 aliphatic rings. The number of fused-ring (bicyclic) bond motifs is 1. The number of phenolic OH excluding ortho intramolecular Hbond substituents is 1. The van der Waals surface area contributed by atoms with Gasteiger partial charge in [0.1, 0.15) is 11.6 Å². The minimum Gasteiger partial charge on any atom is -0.508 e. The van der Waals surface area contributed by atoms with Gasteiger partial charge in [-0.1, -0.05) is 24.3 Å². The molecule has 2 N–H and O–H groups in total. The van der Waals surface area contributed by atoms with Crippen molar-refractivity contribution < 1.29 is 14.6 Å². The maximum atomic E-state index is 13.1. The van der Waals surface area contributed by atoms with Crippen LogP contribution in [-0.4, -0.2) is 40.3 Å². The fourth-order valence-corrected chi connectivity index (χ4v) is 4.82. The molecule has 1 saturated carbocycles. The summed E-state index contributed by atoms with van der Waals surface area (Å²) in [5.74, 6) is 1.19. The molecule has 1 aliphatic carbocycles. The van der Waals surface area contributed by atoms with E-state index < -0.39 is 5.60 Å². The van der Waals surface area contributed by atoms with Gasteiger partial charge in [0.2, 0.25) is 0 Å². The van der Waals surface area contributed by atoms with Gasteiger partial charge in [-0.25, -0.2) is 4.39 Å². The van der Waals surface area contributed by atoms with E-state index in [0.29, 0.717) is 24.0 Å². The first-order valence-electron chi connectivity index (χ1n) is 9.46. The van der Waals surface area contributed by atoms with Crippen molar-refractivity contribution in [1.82, 2.24) is 4.90 Å². The Balaban J connectivity index is 1.29. The van der Waals surface area contributed by atoms with Crippen LogP contribution in [0.3, 0.4) is 0 Å². The molecule has 1 aliphatic heterocycles. The van der Waals surface area contributed by atoms with Gasteiger partial charge < -0.3 is 15.1 Å². The number of hydrogen-bond acceptors (Lipinski definition) is 3. The first-order chi connectivity index (χ1) is 12.5. The van der Waals surface area contributed by atoms with E-state index in [2.05, 4.69) is 4.90 Å². The van der Waals surface area contributed by atoms with Crippen molar-refractivity contribution in [1.29, 1.82) is 0 Å². The number of nitrogens with zero attached hydrogens (tertiary/aromatic N) is 1. The van der Waals surface area contributed by atoms with E-state index in [-0.39, 0.29) is 5.82 Å². The Morgan fingerprint density at radius 3 is 2.12 bits per heavy atom. The number of hydrogen-bond donors (Lipinski definition) is 2. The Hall–Kier alpha value is -1.91. The lowest BCUT2D eigenvalue weighted by Crippen LogP contribution is -2.32. The lowest BCUT2D eigenvalue weighted by atomic mass is 9.91. The first kappa shape index (κ1) is 17.5. The van der Waals surface area contributed by atoms with Gasteiger partial charge in [0.25, 0.3) is 0 Å². The van der Waals surface area contributed by atoms with Gasteiger partial charge >= 0.3 is 0 Å². The highest BCUT2D eigenvalue weighted by Crippen LogP contribution is 2.45. The molecule has 138 valence electrons. The molecule has 2 fully saturated rings. The van der Waals surface area contributed by atoms with Gasteiger partial charge in [0.05, 0.1) is 5.60 Å². The minimum atomic E-state index is -0.643. The zero-order chi connectivity index (χ0) is 18.1. The highest BCUT2D eigenvalue weighted by atomic mass is 19.1. The third-order valence-corrected chi connectivity index (χ3v) is 6.04. The Kier molecular flexibility index (Phi) is 4.72. The second-order valence-electron chi connectivity index (χ2n) is 8.13. The van der Waals surface area contributed by atoms with Crippen LogP contribution in [-0.2, 0) is 12.8 Å². The average Bonchev–Trinajstić information content (AvgIpc) is 3.11. The Morgan fingerprint density at radius 1 is 0.923 bits per heavy atom. The predicted molar refractivity (Wildman–Crippen MR) is 99.5 cm³/mol. The third-order valence-electron chi connectivity index (χ3n) is 6.04. The number of likely N-dealkylation sites (tertiary alicyclic amines) is 1. The zero-order valence-electron chi connectivity index (χ0n) is 14.9. The molecule has 1 unspecified atom stereocenters. The highest BCUT2D eigenvalue weighted by Gasteiger charge is 2.47. The summed E-state index contributed by atoms with van der Waals surface area (Å²) in [5.41, 5.74) is 1.61. The van der Waals surface area contributed by atoms with Crippen LogP contribution >= 0.6 is 0 Å². The standard InChI is InChI=1S/C22H26FNO2/c23-20-5-1-17(2-6-20)11-22(26)12-18-14-24(15-19(18)13-22)10-9-16-3-7-21(25)8-4-16/h1-8,18-19,25-26H,9-15H2/t18-,19+,22?. The van der Waals surface area contributed by atoms with E-state index >= 15 is 0 Å². The van der Waals surface area contributed by atoms with Crippen LogP contribution in [0.2, 0.25) is 0 Å². The van der Waals surface area contributed by atoms with Crippen molar-refractivity contribution in [3.05, 3.63) is 65.5 Å². The van der Waals surface area contributed by atoms with Gasteiger partial charge in [-0.15, -0.1) is 0 Å². The number of aromatic hydroxyl groups is 1. The van der Waals surface area contributed by atoms with E-state index in [1.807, 2.05) is 12.1 Å². The minimum absolute atomic E-state index is 0.228. The van der Waals surface area contributed by atoms with Crippen molar-refractivity contribution in [3.63, 3.8) is 0 Å². The summed E-state index contributed by atoms with van der Waals surface area (Å²) in [6.07, 6.45) is 3.28. The summed E-state index contributed by atoms with van der Waals surface area (Å²) < 4.78 is 13.1. The molecular weight excluding hydrogens is 329 g/mol. The van der Waals surface area contributed by atoms with Crippen molar-refractivity contribution in [3.8, 4) is 5.75 Å². The number of phenols is 1. The molecule has 26 heavy (non-hydrogen) atoms. The summed E-state index contributed by atoms with van der Waals surface area (Å²) in [6.45, 7) is 3.12. The van der Waals surface area contributed by atoms with E-state index in [0.717, 1.165) is 44.5 Å². The van der Waals surface area contributed by atoms with Gasteiger partial charge in [0, 0.05) is 26.1 Å². The summed E-state index contributed by atoms with van der Waals surface area (Å²) in [4.78, 5) is 2.50. The summed E-state index contributed by atoms with van der Waals surface area (Å²) >= 11 is 0. The molecule has 0 spiro atoms. The molecular formula is C22H26FNO2. The Morgan fingerprint density at radius 2 is 1.50 bits per heavy atom. The van der Waals surface area contributed by atoms with Crippen molar-refractivity contribution in [2.45, 2.75) is 31.3 Å². The second kappa shape index (κ2) is 7.01. The van der Waals surface area contributed by atoms with Crippen LogP contribution < -0.4 is 0 Å². The smallest absolute Gasteiger partial charge is 0.123 e. The summed E-state index contributed by atoms with van der Waals surface area (Å²) in [5, 5.41) is 20.4. The van der Waals surface area contributed by atoms with Gasteiger partial charge in [-0.3, -0.25) is 0 Å². The normalized spacial score (nSPS) is 28.4. The molecule has 1 heterocycles. The van der Waals surface area contributed by atoms with Crippen LogP contribution in [0.5, 0.6) is 5.75 Å². The number of benzene rings is 2. The Bertz CT molecular complexity index is 730. The van der Waals surface area contributed by atoms with Crippen LogP contribution in [0.1, 0.15) is 24.0 Å². The van der Waals surface area contributed by atoms with Gasteiger partial charge in [-0.2, -0.15) is 0 Å². The molecule has 0 bridgehead atoms. The Labute approximate surface area is 154 Å². The van der Waals surface area contributed by atoms with Gasteiger partial charge in [-0.05, 0) is 66.5 Å². The maximum Gasteiger partial charge on any atom is 0.123 e. The van der Waals surface area contributed by atoms with Gasteiger partial charge in [0.15, 0.2) is 0 Å². The quantitative estimate of drug-likeness (QED) is 0.864. The highest BCUT2D eigenvalue weighted by molar-refractivity contribution is 5.26. The molecule has 3 nitrogen and oxygen atoms in total. The monoisotopic (exact) mass is 355 g/mol. The summed E-state index contributed by atoms with van der Waals surface area (Å²) in [6, 6.07) is 13.9. The summed E-state index contributed by atoms with van der Waals surface area (Å²) in [7, 11) is 0. The van der Waals surface area contributed by atoms with E-state index in [4.69, 9.17) is 0 Å². The largest absolute Gasteiger partial charge is 0.508 e. The topological polar surface area (TPSA) is 43.7 Å². The fraction of sp³-hybridized carbons (Fsp3) is 0.455. The van der Waals surface area contributed by atoms with E-state index in [1.54, 1.807) is 24.3 Å². The molecule has 2 aromatic rings. The molecule has 0 radical (unpaired) electrons. The molecule has 2 aromatic carbocycles. The molecule has 1 saturated heterocycles. The second-order valence-corrected chi connectivity index (χ2v) is 8.13. The van der Waals surface area contributed by atoms with Crippen LogP contribution in [0, 0.1) is 17.7 Å². The SMILES string of the molecule is Oc1ccc(CCN2C[C@@H]3CC(O)(Cc4ccc(F)cc4)C[C@@H]3C2)cc1. The average molecular weight is 355 g/mol. The molecule has 3 atom stereocenters. The maximum absolute atomic E-state index is 13.1. The lowest BCUT2D eigenvalue weighted by Gasteiger charge is -2.26. The molecule has 0 amide bonds. The van der Waals surface area contributed by atoms with Crippen LogP contribution in [0.4, 0.5) is 4.39 Å². The molecule has 4 heteroatoms. The fourth-order valence-electron chi connectivity index (χ4n) is 4.82. The van der Waals surface area contributed by atoms with Crippen LogP contribution in [0.15, 0.2) is 48.5 Å². The first-order valence-corrected chi connectivity index (χ1v) is 9.46. The van der Waals surface area contributed by atoms with Crippen molar-refractivity contribution in [2.75, 3.05) is 19.6 Å². The van der Waals surface area contributed by atoms with E-state index in [1.165, 1.54) is 17.7 Å². The number of aliphatic hydroxyl groups is 1. The van der Waals surface area contributed by atoms with Crippen molar-refractivity contribution >= 4 is 0 Å².